The van der Waals surface area contributed by atoms with Crippen LogP contribution < -0.4 is 75.5 Å². The number of aliphatic carboxylic acids is 1. The van der Waals surface area contributed by atoms with Gasteiger partial charge in [0.15, 0.2) is 5.96 Å². The van der Waals surface area contributed by atoms with Gasteiger partial charge in [0.2, 0.25) is 59.1 Å². The molecule has 23 N–H and O–H groups in total. The summed E-state index contributed by atoms with van der Waals surface area (Å²) >= 11 is 1.21. The number of carboxylic acids is 1. The van der Waals surface area contributed by atoms with Crippen LogP contribution in [0, 0.1) is 0 Å². The van der Waals surface area contributed by atoms with Gasteiger partial charge in [0.1, 0.15) is 66.1 Å². The van der Waals surface area contributed by atoms with Crippen LogP contribution in [0.15, 0.2) is 90.1 Å². The third-order valence-corrected chi connectivity index (χ3v) is 16.1. The predicted molar refractivity (Wildman–Crippen MR) is 366 cm³/mol. The summed E-state index contributed by atoms with van der Waals surface area (Å²) in [6.45, 7) is 0.00527. The Morgan fingerprint density at radius 1 is 0.590 bits per heavy atom. The molecule has 100 heavy (non-hydrogen) atoms. The maximum Gasteiger partial charge on any atom is 0.305 e. The Morgan fingerprint density at radius 2 is 1.18 bits per heavy atom. The van der Waals surface area contributed by atoms with Gasteiger partial charge in [-0.3, -0.25) is 57.7 Å². The molecule has 0 spiro atoms. The number of hydrogen-bond acceptors (Lipinski definition) is 21. The summed E-state index contributed by atoms with van der Waals surface area (Å²) in [5, 5.41) is 73.3. The highest BCUT2D eigenvalue weighted by atomic mass is 32.2. The van der Waals surface area contributed by atoms with Crippen molar-refractivity contribution < 1.29 is 92.5 Å². The minimum atomic E-state index is -1.81. The van der Waals surface area contributed by atoms with Crippen molar-refractivity contribution in [3.63, 3.8) is 0 Å². The Kier molecular flexibility index (Phi) is 34.1. The number of unbranched alkanes of at least 4 members (excludes halogenated alkanes) is 1. The normalized spacial score (nSPS) is 13.2. The van der Waals surface area contributed by atoms with Crippen LogP contribution in [0.1, 0.15) is 62.1 Å². The van der Waals surface area contributed by atoms with E-state index in [0.717, 1.165) is 5.39 Å². The van der Waals surface area contributed by atoms with Gasteiger partial charge in [0.25, 0.3) is 0 Å². The van der Waals surface area contributed by atoms with E-state index >= 15 is 0 Å². The Labute approximate surface area is 578 Å². The summed E-state index contributed by atoms with van der Waals surface area (Å²) in [4.78, 5) is 154. The topological polar surface area (TPSA) is 557 Å². The zero-order chi connectivity index (χ0) is 73.1. The molecule has 0 saturated heterocycles. The molecule has 5 aromatic rings. The van der Waals surface area contributed by atoms with Crippen molar-refractivity contribution >= 4 is 104 Å². The van der Waals surface area contributed by atoms with Crippen LogP contribution in [-0.4, -0.2) is 222 Å². The Balaban J connectivity index is 1.33. The highest BCUT2D eigenvalue weighted by Gasteiger charge is 2.34. The predicted octanol–water partition coefficient (Wildman–Crippen LogP) is -3.36. The standard InChI is InChI=1S/C65H89N15O19S/c1-37(83)74-52(36-100-35-41-27-39-8-6-13-54(44(39)29-53(41)85)99-25-24-98-23-22-97-21-20-81)64(96)77-47(11-4-5-18-66)61(93)78-48(26-38-14-16-42(84)17-15-38)62(94)79-49(28-40-31-71-45-10-3-2-9-43(40)45)60(92)73-32-55(86)75-46(12-7-19-70-65(68)69)59(91)72-33-56(87)76-50(30-57(88)89)63(95)80-51(34-82)58(67)90/h2-3,6,8-10,13-17,27,29,31,46-52,71,81-82,84-85H,4-5,7,11-12,18-26,28,30,32-36,66H2,1H3,(H2,67,90)(H,72,91)(H,73,92)(H,74,83)(H,75,86)(H,76,87)(H,77,96)(H,78,93)(H,79,94)(H,80,95)(H,88,89)(H4,68,69,70)/t46-,47-,48-,49-,50-,51-,52-/m0/s1. The van der Waals surface area contributed by atoms with Crippen molar-refractivity contribution in [1.29, 1.82) is 0 Å². The van der Waals surface area contributed by atoms with Crippen LogP contribution >= 0.6 is 11.8 Å². The second kappa shape index (κ2) is 42.5. The second-order valence-corrected chi connectivity index (χ2v) is 23.8. The van der Waals surface area contributed by atoms with Crippen LogP contribution in [0.5, 0.6) is 17.2 Å². The SMILES string of the molecule is CC(=O)N[C@@H](CSCc1cc2cccc(OCCOCCOCCO)c2cc1O)C(=O)N[C@@H](CCCCN)C(=O)N[C@@H](Cc1ccc(O)cc1)C(=O)N[C@@H](Cc1c[nH]c2ccccc12)C(=O)NCC(=O)N[C@@H](CCCN=C(N)N)C(=O)NCC(=O)N[C@@H](CC(=O)O)C(=O)N[C@@H](CO)C(N)=O. The number of nitrogens with two attached hydrogens (primary N) is 4. The number of carbonyl (C=O) groups excluding carboxylic acids is 10. The number of carboxylic acid groups (broad SMARTS) is 1. The molecule has 34 nitrogen and oxygen atoms in total. The van der Waals surface area contributed by atoms with Crippen molar-refractivity contribution in [1.82, 2.24) is 52.8 Å². The number of fused-ring (bicyclic) bond motifs is 2. The average molecular weight is 1420 g/mol. The lowest BCUT2D eigenvalue weighted by molar-refractivity contribution is -0.141. The lowest BCUT2D eigenvalue weighted by atomic mass is 10.0. The zero-order valence-electron chi connectivity index (χ0n) is 55.1. The summed E-state index contributed by atoms with van der Waals surface area (Å²) in [5.41, 5.74) is 24.1. The largest absolute Gasteiger partial charge is 0.508 e. The molecule has 4 aromatic carbocycles. The number of H-pyrrole nitrogens is 1. The number of ether oxygens (including phenoxy) is 3. The monoisotopic (exact) mass is 1420 g/mol. The van der Waals surface area contributed by atoms with Crippen molar-refractivity contribution in [3.8, 4) is 17.2 Å². The van der Waals surface area contributed by atoms with Crippen LogP contribution in [-0.2, 0) is 80.8 Å². The number of benzene rings is 4. The number of aromatic nitrogens is 1. The minimum Gasteiger partial charge on any atom is -0.508 e. The van der Waals surface area contributed by atoms with Gasteiger partial charge >= 0.3 is 5.97 Å². The van der Waals surface area contributed by atoms with Gasteiger partial charge in [0, 0.05) is 65.9 Å². The molecule has 0 saturated carbocycles. The number of aromatic hydroxyl groups is 2. The van der Waals surface area contributed by atoms with E-state index in [9.17, 15) is 73.2 Å². The summed E-state index contributed by atoms with van der Waals surface area (Å²) in [7, 11) is 0. The molecule has 0 fully saturated rings. The first-order chi connectivity index (χ1) is 47.9. The molecule has 544 valence electrons. The number of phenolic OH excluding ortho intramolecular Hbond substituents is 2. The van der Waals surface area contributed by atoms with E-state index in [-0.39, 0.29) is 101 Å². The lowest BCUT2D eigenvalue weighted by Crippen LogP contribution is -2.59. The summed E-state index contributed by atoms with van der Waals surface area (Å²) in [5.74, 6) is -10.7. The fraction of sp³-hybridized carbons (Fsp3) is 0.446. The molecule has 5 rings (SSSR count). The van der Waals surface area contributed by atoms with E-state index in [4.69, 9.17) is 42.3 Å². The van der Waals surface area contributed by atoms with Gasteiger partial charge < -0.3 is 116 Å². The summed E-state index contributed by atoms with van der Waals surface area (Å²) in [6.07, 6.45) is 0.852. The number of aliphatic imine (C=N–C) groups is 1. The molecule has 0 aliphatic rings. The molecule has 35 heteroatoms. The van der Waals surface area contributed by atoms with E-state index in [0.29, 0.717) is 64.8 Å². The molecule has 1 heterocycles. The van der Waals surface area contributed by atoms with E-state index < -0.39 is 133 Å². The Morgan fingerprint density at radius 3 is 1.83 bits per heavy atom. The molecule has 0 radical (unpaired) electrons. The molecule has 0 bridgehead atoms. The lowest BCUT2D eigenvalue weighted by Gasteiger charge is -2.27. The quantitative estimate of drug-likeness (QED) is 0.0103. The van der Waals surface area contributed by atoms with Crippen molar-refractivity contribution in [2.75, 3.05) is 78.2 Å². The number of hydrogen-bond donors (Lipinski definition) is 19. The third-order valence-electron chi connectivity index (χ3n) is 15.0. The average Bonchev–Trinajstić information content (AvgIpc) is 1.12. The Bertz CT molecular complexity index is 3610. The second-order valence-electron chi connectivity index (χ2n) is 22.8. The number of thioether (sulfide) groups is 1. The number of nitrogens with zero attached hydrogens (tertiary/aromatic N) is 1. The van der Waals surface area contributed by atoms with Crippen molar-refractivity contribution in [2.24, 2.45) is 27.9 Å². The number of carbonyl (C=O) groups is 11. The molecule has 0 aliphatic carbocycles. The molecule has 1 aromatic heterocycles. The minimum absolute atomic E-state index is 0.0110. The first kappa shape index (κ1) is 80.4. The third kappa shape index (κ3) is 27.9. The van der Waals surface area contributed by atoms with Crippen LogP contribution in [0.2, 0.25) is 0 Å². The molecular formula is C65H89N15O19S. The molecular weight excluding hydrogens is 1330 g/mol. The zero-order valence-corrected chi connectivity index (χ0v) is 55.9. The maximum absolute atomic E-state index is 14.9. The van der Waals surface area contributed by atoms with E-state index in [1.54, 1.807) is 54.7 Å². The number of phenols is 2. The van der Waals surface area contributed by atoms with E-state index in [1.165, 1.54) is 43.0 Å². The first-order valence-corrected chi connectivity index (χ1v) is 33.1. The number of para-hydroxylation sites is 1. The van der Waals surface area contributed by atoms with Gasteiger partial charge in [-0.15, -0.1) is 0 Å². The highest BCUT2D eigenvalue weighted by Crippen LogP contribution is 2.34. The number of rotatable bonds is 46. The first-order valence-electron chi connectivity index (χ1n) is 31.9. The summed E-state index contributed by atoms with van der Waals surface area (Å²) < 4.78 is 16.7. The van der Waals surface area contributed by atoms with Gasteiger partial charge in [0.05, 0.1) is 59.2 Å². The number of aliphatic hydroxyl groups is 2. The number of primary amides is 1. The van der Waals surface area contributed by atoms with E-state index in [1.807, 2.05) is 11.4 Å². The van der Waals surface area contributed by atoms with Crippen LogP contribution in [0.4, 0.5) is 0 Å². The van der Waals surface area contributed by atoms with Crippen molar-refractivity contribution in [3.05, 3.63) is 102 Å². The maximum atomic E-state index is 14.9. The van der Waals surface area contributed by atoms with Gasteiger partial charge in [-0.05, 0) is 91.6 Å². The molecule has 0 unspecified atom stereocenters. The summed E-state index contributed by atoms with van der Waals surface area (Å²) in [6, 6.07) is 11.1. The number of aliphatic hydroxyl groups excluding tert-OH is 2. The van der Waals surface area contributed by atoms with Crippen LogP contribution in [0.25, 0.3) is 21.7 Å². The van der Waals surface area contributed by atoms with Gasteiger partial charge in [-0.2, -0.15) is 11.8 Å². The van der Waals surface area contributed by atoms with Gasteiger partial charge in [-0.1, -0.05) is 42.5 Å². The molecule has 10 amide bonds. The Hall–Kier alpha value is -10.3. The highest BCUT2D eigenvalue weighted by molar-refractivity contribution is 7.98. The fourth-order valence-corrected chi connectivity index (χ4v) is 11.0. The molecule has 7 atom stereocenters. The number of amides is 10. The number of aromatic amines is 1. The fourth-order valence-electron chi connectivity index (χ4n) is 9.98. The smallest absolute Gasteiger partial charge is 0.305 e. The van der Waals surface area contributed by atoms with E-state index in [2.05, 4.69) is 52.5 Å². The van der Waals surface area contributed by atoms with Crippen molar-refractivity contribution in [2.45, 2.75) is 106 Å². The molecule has 0 aliphatic heterocycles. The number of nitrogens with one attached hydrogen (secondary N) is 10. The van der Waals surface area contributed by atoms with Crippen LogP contribution in [0.3, 0.4) is 0 Å². The van der Waals surface area contributed by atoms with Gasteiger partial charge in [-0.25, -0.2) is 0 Å². The number of guanidine groups is 1.